The Hall–Kier alpha value is -2.24. The van der Waals surface area contributed by atoms with Gasteiger partial charge in [0.15, 0.2) is 0 Å². The Morgan fingerprint density at radius 3 is 2.43 bits per heavy atom. The SMILES string of the molecule is Cc1nc(C)n(-c2ncc(NC(=O)CC3CCCC3)cn2)c1C. The van der Waals surface area contributed by atoms with Crippen LogP contribution in [0.1, 0.15) is 49.3 Å². The number of carbonyl (C=O) groups is 1. The van der Waals surface area contributed by atoms with E-state index in [-0.39, 0.29) is 5.91 Å². The van der Waals surface area contributed by atoms with E-state index >= 15 is 0 Å². The Labute approximate surface area is 136 Å². The Bertz CT molecular complexity index is 699. The van der Waals surface area contributed by atoms with Gasteiger partial charge in [-0.2, -0.15) is 0 Å². The maximum atomic E-state index is 12.1. The number of amides is 1. The fraction of sp³-hybridized carbons (Fsp3) is 0.529. The van der Waals surface area contributed by atoms with Gasteiger partial charge in [-0.05, 0) is 39.5 Å². The third kappa shape index (κ3) is 3.41. The molecule has 0 bridgehead atoms. The molecule has 1 aliphatic carbocycles. The predicted molar refractivity (Wildman–Crippen MR) is 88.6 cm³/mol. The first-order valence-electron chi connectivity index (χ1n) is 8.19. The number of anilines is 1. The lowest BCUT2D eigenvalue weighted by Gasteiger charge is -2.10. The molecule has 0 aromatic carbocycles. The first kappa shape index (κ1) is 15.6. The predicted octanol–water partition coefficient (Wildman–Crippen LogP) is 3.11. The zero-order valence-electron chi connectivity index (χ0n) is 14.0. The van der Waals surface area contributed by atoms with Crippen LogP contribution >= 0.6 is 0 Å². The first-order chi connectivity index (χ1) is 11.0. The number of nitrogens with zero attached hydrogens (tertiary/aromatic N) is 4. The molecule has 0 spiro atoms. The molecule has 2 heterocycles. The molecule has 1 saturated carbocycles. The smallest absolute Gasteiger partial charge is 0.235 e. The molecular formula is C17H23N5O. The van der Waals surface area contributed by atoms with E-state index in [1.54, 1.807) is 12.4 Å². The largest absolute Gasteiger partial charge is 0.323 e. The molecular weight excluding hydrogens is 290 g/mol. The van der Waals surface area contributed by atoms with Crippen molar-refractivity contribution in [2.24, 2.45) is 5.92 Å². The molecule has 1 aliphatic rings. The quantitative estimate of drug-likeness (QED) is 0.941. The van der Waals surface area contributed by atoms with Crippen molar-refractivity contribution in [3.05, 3.63) is 29.6 Å². The van der Waals surface area contributed by atoms with Gasteiger partial charge in [0.2, 0.25) is 11.9 Å². The van der Waals surface area contributed by atoms with Crippen LogP contribution in [0.4, 0.5) is 5.69 Å². The molecule has 0 aliphatic heterocycles. The summed E-state index contributed by atoms with van der Waals surface area (Å²) in [4.78, 5) is 25.2. The summed E-state index contributed by atoms with van der Waals surface area (Å²) < 4.78 is 1.92. The molecule has 6 heteroatoms. The number of aryl methyl sites for hydroxylation is 2. The number of aromatic nitrogens is 4. The maximum Gasteiger partial charge on any atom is 0.235 e. The van der Waals surface area contributed by atoms with E-state index in [1.165, 1.54) is 25.7 Å². The fourth-order valence-corrected chi connectivity index (χ4v) is 3.26. The van der Waals surface area contributed by atoms with E-state index in [2.05, 4.69) is 20.3 Å². The lowest BCUT2D eigenvalue weighted by Crippen LogP contribution is -2.16. The van der Waals surface area contributed by atoms with Gasteiger partial charge in [0.25, 0.3) is 0 Å². The normalized spacial score (nSPS) is 15.1. The minimum absolute atomic E-state index is 0.0547. The number of carbonyl (C=O) groups excluding carboxylic acids is 1. The first-order valence-corrected chi connectivity index (χ1v) is 8.19. The summed E-state index contributed by atoms with van der Waals surface area (Å²) in [6, 6.07) is 0. The maximum absolute atomic E-state index is 12.1. The van der Waals surface area contributed by atoms with E-state index in [1.807, 2.05) is 25.3 Å². The average Bonchev–Trinajstić information content (AvgIpc) is 3.09. The van der Waals surface area contributed by atoms with Gasteiger partial charge in [-0.15, -0.1) is 0 Å². The zero-order valence-corrected chi connectivity index (χ0v) is 14.0. The second kappa shape index (κ2) is 6.48. The van der Waals surface area contributed by atoms with Crippen LogP contribution < -0.4 is 5.32 Å². The summed E-state index contributed by atoms with van der Waals surface area (Å²) >= 11 is 0. The molecule has 2 aromatic heterocycles. The van der Waals surface area contributed by atoms with E-state index in [0.29, 0.717) is 24.0 Å². The van der Waals surface area contributed by atoms with Crippen LogP contribution in [0, 0.1) is 26.7 Å². The number of nitrogens with one attached hydrogen (secondary N) is 1. The van der Waals surface area contributed by atoms with Crippen molar-refractivity contribution in [1.29, 1.82) is 0 Å². The highest BCUT2D eigenvalue weighted by molar-refractivity contribution is 5.90. The summed E-state index contributed by atoms with van der Waals surface area (Å²) in [6.45, 7) is 5.90. The Balaban J connectivity index is 1.68. The van der Waals surface area contributed by atoms with Gasteiger partial charge < -0.3 is 5.32 Å². The highest BCUT2D eigenvalue weighted by Gasteiger charge is 2.18. The second-order valence-electron chi connectivity index (χ2n) is 6.34. The fourth-order valence-electron chi connectivity index (χ4n) is 3.26. The standard InChI is InChI=1S/C17H23N5O/c1-11-12(2)22(13(3)20-11)17-18-9-15(10-19-17)21-16(23)8-14-6-4-5-7-14/h9-10,14H,4-8H2,1-3H3,(H,21,23). The van der Waals surface area contributed by atoms with Gasteiger partial charge in [-0.25, -0.2) is 15.0 Å². The van der Waals surface area contributed by atoms with E-state index in [4.69, 9.17) is 0 Å². The average molecular weight is 313 g/mol. The van der Waals surface area contributed by atoms with Gasteiger partial charge in [0.05, 0.1) is 23.8 Å². The number of hydrogen-bond donors (Lipinski definition) is 1. The van der Waals surface area contributed by atoms with E-state index < -0.39 is 0 Å². The van der Waals surface area contributed by atoms with Crippen LogP contribution in [0.15, 0.2) is 12.4 Å². The van der Waals surface area contributed by atoms with Crippen LogP contribution in [0.2, 0.25) is 0 Å². The van der Waals surface area contributed by atoms with Gasteiger partial charge in [-0.3, -0.25) is 9.36 Å². The van der Waals surface area contributed by atoms with Crippen LogP contribution in [0.3, 0.4) is 0 Å². The molecule has 122 valence electrons. The second-order valence-corrected chi connectivity index (χ2v) is 6.34. The Kier molecular flexibility index (Phi) is 4.41. The van der Waals surface area contributed by atoms with Crippen LogP contribution in [-0.4, -0.2) is 25.4 Å². The van der Waals surface area contributed by atoms with E-state index in [9.17, 15) is 4.79 Å². The van der Waals surface area contributed by atoms with Gasteiger partial charge in [-0.1, -0.05) is 12.8 Å². The van der Waals surface area contributed by atoms with Crippen LogP contribution in [-0.2, 0) is 4.79 Å². The Morgan fingerprint density at radius 2 is 1.87 bits per heavy atom. The van der Waals surface area contributed by atoms with Gasteiger partial charge in [0.1, 0.15) is 5.82 Å². The van der Waals surface area contributed by atoms with Gasteiger partial charge in [0, 0.05) is 12.1 Å². The van der Waals surface area contributed by atoms with Crippen LogP contribution in [0.25, 0.3) is 5.95 Å². The molecule has 6 nitrogen and oxygen atoms in total. The van der Waals surface area contributed by atoms with Crippen molar-refractivity contribution in [2.45, 2.75) is 52.9 Å². The molecule has 1 N–H and O–H groups in total. The highest BCUT2D eigenvalue weighted by atomic mass is 16.1. The lowest BCUT2D eigenvalue weighted by atomic mass is 10.0. The van der Waals surface area contributed by atoms with Crippen LogP contribution in [0.5, 0.6) is 0 Å². The summed E-state index contributed by atoms with van der Waals surface area (Å²) in [7, 11) is 0. The number of rotatable bonds is 4. The summed E-state index contributed by atoms with van der Waals surface area (Å²) in [6.07, 6.45) is 8.74. The van der Waals surface area contributed by atoms with Gasteiger partial charge >= 0.3 is 0 Å². The molecule has 0 unspecified atom stereocenters. The minimum atomic E-state index is 0.0547. The van der Waals surface area contributed by atoms with Crippen molar-refractivity contribution in [3.63, 3.8) is 0 Å². The van der Waals surface area contributed by atoms with Crippen molar-refractivity contribution in [3.8, 4) is 5.95 Å². The molecule has 23 heavy (non-hydrogen) atoms. The molecule has 1 amide bonds. The number of imidazole rings is 1. The summed E-state index contributed by atoms with van der Waals surface area (Å²) in [5.74, 6) is 2.03. The molecule has 2 aromatic rings. The highest BCUT2D eigenvalue weighted by Crippen LogP contribution is 2.27. The zero-order chi connectivity index (χ0) is 16.4. The molecule has 1 fully saturated rings. The summed E-state index contributed by atoms with van der Waals surface area (Å²) in [5, 5.41) is 2.89. The van der Waals surface area contributed by atoms with Crippen molar-refractivity contribution >= 4 is 11.6 Å². The molecule has 3 rings (SSSR count). The lowest BCUT2D eigenvalue weighted by molar-refractivity contribution is -0.117. The molecule has 0 radical (unpaired) electrons. The van der Waals surface area contributed by atoms with Crippen molar-refractivity contribution in [2.75, 3.05) is 5.32 Å². The topological polar surface area (TPSA) is 72.7 Å². The number of hydrogen-bond acceptors (Lipinski definition) is 4. The Morgan fingerprint density at radius 1 is 1.22 bits per heavy atom. The molecule has 0 atom stereocenters. The monoisotopic (exact) mass is 313 g/mol. The summed E-state index contributed by atoms with van der Waals surface area (Å²) in [5.41, 5.74) is 2.64. The van der Waals surface area contributed by atoms with Crippen molar-refractivity contribution < 1.29 is 4.79 Å². The third-order valence-electron chi connectivity index (χ3n) is 4.58. The third-order valence-corrected chi connectivity index (χ3v) is 4.58. The van der Waals surface area contributed by atoms with E-state index in [0.717, 1.165) is 17.2 Å². The van der Waals surface area contributed by atoms with Crippen molar-refractivity contribution in [1.82, 2.24) is 19.5 Å². The minimum Gasteiger partial charge on any atom is -0.323 e. The molecule has 0 saturated heterocycles.